The van der Waals surface area contributed by atoms with Gasteiger partial charge in [-0.1, -0.05) is 57.5 Å². The maximum Gasteiger partial charge on any atom is 0.243 e. The van der Waals surface area contributed by atoms with Gasteiger partial charge in [0.2, 0.25) is 35.4 Å². The van der Waals surface area contributed by atoms with Gasteiger partial charge in [0, 0.05) is 25.8 Å². The highest BCUT2D eigenvalue weighted by atomic mass is 16.2. The molecule has 0 aromatic heterocycles. The van der Waals surface area contributed by atoms with Gasteiger partial charge in [0.1, 0.15) is 11.8 Å². The third-order valence-corrected chi connectivity index (χ3v) is 6.91. The van der Waals surface area contributed by atoms with Gasteiger partial charge in [-0.25, -0.2) is 0 Å². The summed E-state index contributed by atoms with van der Waals surface area (Å²) in [6, 6.07) is 8.09. The number of nitrogens with zero attached hydrogens (tertiary/aromatic N) is 1. The molecule has 42 heavy (non-hydrogen) atoms. The SMILES string of the molecule is CC(=O)CNC(=O)C(Cc1ccccc1)NC(=O)CNC(=O)CNC(=O)CCCCCN1C(=O)CC(C(C)(C)C)C1=O. The van der Waals surface area contributed by atoms with E-state index in [9.17, 15) is 33.6 Å². The molecule has 1 aliphatic heterocycles. The molecule has 6 amide bonds. The van der Waals surface area contributed by atoms with E-state index in [1.807, 2.05) is 26.8 Å². The zero-order valence-electron chi connectivity index (χ0n) is 24.9. The minimum Gasteiger partial charge on any atom is -0.347 e. The van der Waals surface area contributed by atoms with Gasteiger partial charge in [0.05, 0.1) is 25.6 Å². The van der Waals surface area contributed by atoms with Gasteiger partial charge in [0.15, 0.2) is 0 Å². The molecule has 1 fully saturated rings. The normalized spacial score (nSPS) is 15.6. The van der Waals surface area contributed by atoms with Gasteiger partial charge in [-0.2, -0.15) is 0 Å². The monoisotopic (exact) mass is 585 g/mol. The lowest BCUT2D eigenvalue weighted by Gasteiger charge is -2.24. The number of ketones is 1. The highest BCUT2D eigenvalue weighted by Crippen LogP contribution is 2.35. The summed E-state index contributed by atoms with van der Waals surface area (Å²) >= 11 is 0. The molecule has 2 rings (SSSR count). The van der Waals surface area contributed by atoms with Crippen LogP contribution in [0, 0.1) is 11.3 Å². The molecule has 0 bridgehead atoms. The average molecular weight is 586 g/mol. The summed E-state index contributed by atoms with van der Waals surface area (Å²) in [5.74, 6) is -2.84. The predicted octanol–water partition coefficient (Wildman–Crippen LogP) is 0.633. The zero-order valence-corrected chi connectivity index (χ0v) is 24.9. The number of hydrogen-bond acceptors (Lipinski definition) is 7. The predicted molar refractivity (Wildman–Crippen MR) is 155 cm³/mol. The molecule has 0 saturated carbocycles. The van der Waals surface area contributed by atoms with Crippen LogP contribution in [0.15, 0.2) is 30.3 Å². The van der Waals surface area contributed by atoms with Crippen molar-refractivity contribution >= 4 is 41.2 Å². The fourth-order valence-electron chi connectivity index (χ4n) is 4.47. The van der Waals surface area contributed by atoms with E-state index in [0.29, 0.717) is 25.8 Å². The van der Waals surface area contributed by atoms with Crippen LogP contribution >= 0.6 is 0 Å². The van der Waals surface area contributed by atoms with E-state index in [2.05, 4.69) is 21.3 Å². The largest absolute Gasteiger partial charge is 0.347 e. The number of Topliss-reactive ketones (excluding diaryl/α,β-unsaturated/α-hetero) is 1. The van der Waals surface area contributed by atoms with Gasteiger partial charge in [-0.15, -0.1) is 0 Å². The van der Waals surface area contributed by atoms with E-state index in [1.54, 1.807) is 24.3 Å². The Morgan fingerprint density at radius 3 is 2.12 bits per heavy atom. The molecule has 1 aliphatic rings. The van der Waals surface area contributed by atoms with Crippen molar-refractivity contribution in [3.05, 3.63) is 35.9 Å². The molecule has 1 aromatic rings. The first kappa shape index (κ1) is 34.1. The summed E-state index contributed by atoms with van der Waals surface area (Å²) in [6.07, 6.45) is 2.37. The van der Waals surface area contributed by atoms with Crippen molar-refractivity contribution in [1.82, 2.24) is 26.2 Å². The Labute approximate surface area is 246 Å². The van der Waals surface area contributed by atoms with Crippen molar-refractivity contribution in [3.8, 4) is 0 Å². The Kier molecular flexibility index (Phi) is 13.3. The van der Waals surface area contributed by atoms with E-state index >= 15 is 0 Å². The van der Waals surface area contributed by atoms with Crippen molar-refractivity contribution in [1.29, 1.82) is 0 Å². The lowest BCUT2D eigenvalue weighted by molar-refractivity contribution is -0.140. The Hall–Kier alpha value is -4.09. The molecule has 0 spiro atoms. The Bertz CT molecular complexity index is 1150. The second kappa shape index (κ2) is 16.4. The number of carbonyl (C=O) groups excluding carboxylic acids is 7. The number of rotatable bonds is 16. The Balaban J connectivity index is 1.66. The molecule has 230 valence electrons. The molecular formula is C30H43N5O7. The first-order chi connectivity index (χ1) is 19.8. The van der Waals surface area contributed by atoms with Crippen LogP contribution in [0.4, 0.5) is 0 Å². The lowest BCUT2D eigenvalue weighted by Crippen LogP contribution is -2.51. The van der Waals surface area contributed by atoms with Gasteiger partial charge in [0.25, 0.3) is 0 Å². The summed E-state index contributed by atoms with van der Waals surface area (Å²) in [5.41, 5.74) is 0.535. The first-order valence-electron chi connectivity index (χ1n) is 14.3. The van der Waals surface area contributed by atoms with E-state index in [4.69, 9.17) is 0 Å². The standard InChI is InChI=1S/C30H43N5O7/c1-20(36)17-33-28(41)23(15-21-11-7-5-8-12-21)34-26(39)19-32-25(38)18-31-24(37)13-9-6-10-14-35-27(40)16-22(29(35)42)30(2,3)4/h5,7-8,11-12,22-23H,6,9-10,13-19H2,1-4H3,(H,31,37)(H,32,38)(H,33,41)(H,34,39). The van der Waals surface area contributed by atoms with Crippen LogP contribution in [0.5, 0.6) is 0 Å². The molecule has 1 heterocycles. The third-order valence-electron chi connectivity index (χ3n) is 6.91. The van der Waals surface area contributed by atoms with Gasteiger partial charge in [-0.3, -0.25) is 38.5 Å². The maximum atomic E-state index is 12.5. The van der Waals surface area contributed by atoms with E-state index in [0.717, 1.165) is 5.56 Å². The van der Waals surface area contributed by atoms with Crippen LogP contribution in [-0.2, 0) is 40.0 Å². The molecule has 12 nitrogen and oxygen atoms in total. The molecule has 4 N–H and O–H groups in total. The number of hydrogen-bond donors (Lipinski definition) is 4. The first-order valence-corrected chi connectivity index (χ1v) is 14.3. The van der Waals surface area contributed by atoms with Crippen LogP contribution < -0.4 is 21.3 Å². The zero-order chi connectivity index (χ0) is 31.3. The fraction of sp³-hybridized carbons (Fsp3) is 0.567. The quantitative estimate of drug-likeness (QED) is 0.163. The van der Waals surface area contributed by atoms with Gasteiger partial charge >= 0.3 is 0 Å². The number of imide groups is 1. The second-order valence-corrected chi connectivity index (χ2v) is 11.6. The summed E-state index contributed by atoms with van der Waals surface area (Å²) in [4.78, 5) is 86.5. The summed E-state index contributed by atoms with van der Waals surface area (Å²) in [5, 5.41) is 9.96. The highest BCUT2D eigenvalue weighted by molar-refractivity contribution is 6.03. The van der Waals surface area contributed by atoms with E-state index in [-0.39, 0.29) is 67.2 Å². The molecule has 0 aliphatic carbocycles. The molecular weight excluding hydrogens is 542 g/mol. The average Bonchev–Trinajstić information content (AvgIpc) is 3.22. The van der Waals surface area contributed by atoms with Gasteiger partial charge < -0.3 is 21.3 Å². The van der Waals surface area contributed by atoms with Crippen molar-refractivity contribution in [2.45, 2.75) is 72.3 Å². The summed E-state index contributed by atoms with van der Waals surface area (Å²) < 4.78 is 0. The number of amides is 6. The molecule has 12 heteroatoms. The third kappa shape index (κ3) is 11.8. The minimum absolute atomic E-state index is 0.132. The Morgan fingerprint density at radius 1 is 0.857 bits per heavy atom. The van der Waals surface area contributed by atoms with Gasteiger partial charge in [-0.05, 0) is 30.7 Å². The maximum absolute atomic E-state index is 12.5. The number of carbonyl (C=O) groups is 7. The summed E-state index contributed by atoms with van der Waals surface area (Å²) in [6.45, 7) is 6.64. The van der Waals surface area contributed by atoms with Crippen molar-refractivity contribution in [2.24, 2.45) is 11.3 Å². The Morgan fingerprint density at radius 2 is 1.50 bits per heavy atom. The molecule has 1 saturated heterocycles. The smallest absolute Gasteiger partial charge is 0.243 e. The number of benzene rings is 1. The van der Waals surface area contributed by atoms with Crippen LogP contribution in [0.3, 0.4) is 0 Å². The molecule has 2 atom stereocenters. The van der Waals surface area contributed by atoms with Crippen LogP contribution in [0.2, 0.25) is 0 Å². The van der Waals surface area contributed by atoms with Crippen LogP contribution in [0.25, 0.3) is 0 Å². The van der Waals surface area contributed by atoms with E-state index < -0.39 is 30.3 Å². The van der Waals surface area contributed by atoms with Crippen LogP contribution in [0.1, 0.15) is 65.4 Å². The number of likely N-dealkylation sites (tertiary alicyclic amines) is 1. The number of unbranched alkanes of at least 4 members (excludes halogenated alkanes) is 2. The lowest BCUT2D eigenvalue weighted by atomic mass is 9.80. The minimum atomic E-state index is -0.947. The summed E-state index contributed by atoms with van der Waals surface area (Å²) in [7, 11) is 0. The second-order valence-electron chi connectivity index (χ2n) is 11.6. The molecule has 1 aromatic carbocycles. The fourth-order valence-corrected chi connectivity index (χ4v) is 4.47. The molecule has 2 unspecified atom stereocenters. The van der Waals surface area contributed by atoms with Crippen LogP contribution in [-0.4, -0.2) is 78.3 Å². The van der Waals surface area contributed by atoms with Crippen molar-refractivity contribution in [3.63, 3.8) is 0 Å². The molecule has 0 radical (unpaired) electrons. The number of nitrogens with one attached hydrogen (secondary N) is 4. The highest BCUT2D eigenvalue weighted by Gasteiger charge is 2.44. The van der Waals surface area contributed by atoms with E-state index in [1.165, 1.54) is 11.8 Å². The van der Waals surface area contributed by atoms with Crippen molar-refractivity contribution < 1.29 is 33.6 Å². The van der Waals surface area contributed by atoms with Crippen molar-refractivity contribution in [2.75, 3.05) is 26.2 Å². The topological polar surface area (TPSA) is 171 Å².